The van der Waals surface area contributed by atoms with Gasteiger partial charge < -0.3 is 15.4 Å². The van der Waals surface area contributed by atoms with Gasteiger partial charge in [-0.25, -0.2) is 13.1 Å². The number of nitrogens with one attached hydrogen (secondary N) is 3. The first-order valence-electron chi connectivity index (χ1n) is 8.67. The Hall–Kier alpha value is -3.18. The van der Waals surface area contributed by atoms with E-state index in [1.807, 2.05) is 24.3 Å². The predicted molar refractivity (Wildman–Crippen MR) is 109 cm³/mol. The van der Waals surface area contributed by atoms with Crippen molar-refractivity contribution in [3.05, 3.63) is 64.2 Å². The second-order valence-corrected chi connectivity index (χ2v) is 7.62. The number of hydrogen-bond donors (Lipinski definition) is 3. The fourth-order valence-electron chi connectivity index (χ4n) is 2.40. The van der Waals surface area contributed by atoms with Crippen LogP contribution in [0.25, 0.3) is 0 Å². The van der Waals surface area contributed by atoms with E-state index in [0.717, 1.165) is 17.4 Å². The number of hydrogen-bond acceptors (Lipinski definition) is 6. The summed E-state index contributed by atoms with van der Waals surface area (Å²) in [5.41, 5.74) is 0.715. The number of guanidine groups is 1. The smallest absolute Gasteiger partial charge is 0.270 e. The van der Waals surface area contributed by atoms with Crippen LogP contribution < -0.4 is 20.1 Å². The number of aliphatic imine (C=N–C) groups is 1. The number of methoxy groups -OCH3 is 1. The van der Waals surface area contributed by atoms with Crippen LogP contribution in [-0.2, 0) is 16.6 Å². The highest BCUT2D eigenvalue weighted by Crippen LogP contribution is 2.16. The van der Waals surface area contributed by atoms with Gasteiger partial charge in [-0.1, -0.05) is 18.2 Å². The third-order valence-corrected chi connectivity index (χ3v) is 5.32. The van der Waals surface area contributed by atoms with E-state index in [1.54, 1.807) is 14.2 Å². The van der Waals surface area contributed by atoms with Gasteiger partial charge in [-0.3, -0.25) is 15.1 Å². The number of nitro groups is 1. The molecule has 0 saturated heterocycles. The van der Waals surface area contributed by atoms with Gasteiger partial charge in [0.1, 0.15) is 5.75 Å². The maximum absolute atomic E-state index is 12.3. The van der Waals surface area contributed by atoms with Crippen molar-refractivity contribution in [1.82, 2.24) is 15.4 Å². The van der Waals surface area contributed by atoms with Crippen molar-refractivity contribution in [1.29, 1.82) is 0 Å². The molecule has 0 aliphatic heterocycles. The molecule has 2 aromatic rings. The molecule has 0 radical (unpaired) electrons. The van der Waals surface area contributed by atoms with Crippen LogP contribution in [0.3, 0.4) is 0 Å². The Morgan fingerprint density at radius 3 is 2.59 bits per heavy atom. The van der Waals surface area contributed by atoms with Crippen LogP contribution in [0.15, 0.2) is 58.4 Å². The summed E-state index contributed by atoms with van der Waals surface area (Å²) in [6.07, 6.45) is 0. The van der Waals surface area contributed by atoms with E-state index in [2.05, 4.69) is 20.3 Å². The zero-order valence-electron chi connectivity index (χ0n) is 16.1. The third kappa shape index (κ3) is 6.73. The Kier molecular flexibility index (Phi) is 7.92. The number of sulfonamides is 1. The van der Waals surface area contributed by atoms with Crippen LogP contribution in [0, 0.1) is 10.1 Å². The molecule has 0 aromatic heterocycles. The first kappa shape index (κ1) is 22.1. The van der Waals surface area contributed by atoms with Crippen molar-refractivity contribution in [2.75, 3.05) is 27.2 Å². The lowest BCUT2D eigenvalue weighted by Gasteiger charge is -2.13. The minimum atomic E-state index is -3.85. The maximum atomic E-state index is 12.3. The first-order chi connectivity index (χ1) is 13.9. The van der Waals surface area contributed by atoms with Crippen molar-refractivity contribution in [3.63, 3.8) is 0 Å². The third-order valence-electron chi connectivity index (χ3n) is 3.87. The van der Waals surface area contributed by atoms with Gasteiger partial charge in [-0.2, -0.15) is 0 Å². The second kappa shape index (κ2) is 10.4. The molecule has 0 heterocycles. The summed E-state index contributed by atoms with van der Waals surface area (Å²) in [4.78, 5) is 14.1. The van der Waals surface area contributed by atoms with E-state index in [9.17, 15) is 18.5 Å². The predicted octanol–water partition coefficient (Wildman–Crippen LogP) is 1.25. The van der Waals surface area contributed by atoms with E-state index in [1.165, 1.54) is 18.2 Å². The summed E-state index contributed by atoms with van der Waals surface area (Å²) < 4.78 is 32.1. The number of benzene rings is 2. The van der Waals surface area contributed by atoms with E-state index >= 15 is 0 Å². The van der Waals surface area contributed by atoms with Crippen molar-refractivity contribution in [3.8, 4) is 5.75 Å². The van der Waals surface area contributed by atoms with Gasteiger partial charge in [-0.15, -0.1) is 0 Å². The van der Waals surface area contributed by atoms with Gasteiger partial charge in [0.05, 0.1) is 16.9 Å². The molecular weight excluding hydrogens is 398 g/mol. The second-order valence-electron chi connectivity index (χ2n) is 5.86. The van der Waals surface area contributed by atoms with Crippen LogP contribution in [0.4, 0.5) is 5.69 Å². The standard InChI is InChI=1S/C18H23N5O5S/c1-19-18(21-13-14-5-3-7-16(11-14)28-2)20-9-10-22-29(26,27)17-8-4-6-15(12-17)23(24)25/h3-8,11-12,22H,9-10,13H2,1-2H3,(H2,19,20,21). The molecule has 10 nitrogen and oxygen atoms in total. The molecule has 0 bridgehead atoms. The fraction of sp³-hybridized carbons (Fsp3) is 0.278. The van der Waals surface area contributed by atoms with Crippen molar-refractivity contribution < 1.29 is 18.1 Å². The molecule has 0 spiro atoms. The van der Waals surface area contributed by atoms with Gasteiger partial charge in [0.25, 0.3) is 5.69 Å². The number of nitrogens with zero attached hydrogens (tertiary/aromatic N) is 2. The molecule has 0 atom stereocenters. The number of rotatable bonds is 9. The summed E-state index contributed by atoms with van der Waals surface area (Å²) in [6, 6.07) is 12.5. The van der Waals surface area contributed by atoms with Gasteiger partial charge in [0.2, 0.25) is 10.0 Å². The van der Waals surface area contributed by atoms with Crippen molar-refractivity contribution in [2.45, 2.75) is 11.4 Å². The summed E-state index contributed by atoms with van der Waals surface area (Å²) >= 11 is 0. The lowest BCUT2D eigenvalue weighted by Crippen LogP contribution is -2.41. The fourth-order valence-corrected chi connectivity index (χ4v) is 3.47. The molecule has 11 heteroatoms. The van der Waals surface area contributed by atoms with Gasteiger partial charge in [0.15, 0.2) is 5.96 Å². The first-order valence-corrected chi connectivity index (χ1v) is 10.2. The molecule has 156 valence electrons. The minimum absolute atomic E-state index is 0.0743. The molecule has 0 unspecified atom stereocenters. The zero-order valence-corrected chi connectivity index (χ0v) is 16.9. The summed E-state index contributed by atoms with van der Waals surface area (Å²) in [6.45, 7) is 0.854. The summed E-state index contributed by atoms with van der Waals surface area (Å²) in [5, 5.41) is 16.9. The van der Waals surface area contributed by atoms with Crippen molar-refractivity contribution in [2.24, 2.45) is 4.99 Å². The Balaban J connectivity index is 1.83. The molecular formula is C18H23N5O5S. The van der Waals surface area contributed by atoms with Gasteiger partial charge in [0, 0.05) is 38.8 Å². The van der Waals surface area contributed by atoms with Crippen molar-refractivity contribution >= 4 is 21.7 Å². The minimum Gasteiger partial charge on any atom is -0.497 e. The zero-order chi connectivity index (χ0) is 21.3. The van der Waals surface area contributed by atoms with Crippen LogP contribution in [0.1, 0.15) is 5.56 Å². The molecule has 0 aliphatic rings. The quantitative estimate of drug-likeness (QED) is 0.182. The highest BCUT2D eigenvalue weighted by Gasteiger charge is 2.17. The molecule has 0 aliphatic carbocycles. The van der Waals surface area contributed by atoms with Gasteiger partial charge >= 0.3 is 0 Å². The Labute approximate surface area is 169 Å². The van der Waals surface area contributed by atoms with E-state index in [0.29, 0.717) is 12.5 Å². The SMILES string of the molecule is CN=C(NCCNS(=O)(=O)c1cccc([N+](=O)[O-])c1)NCc1cccc(OC)c1. The Morgan fingerprint density at radius 1 is 1.14 bits per heavy atom. The normalized spacial score (nSPS) is 11.7. The molecule has 2 rings (SSSR count). The average molecular weight is 421 g/mol. The number of non-ortho nitro benzene ring substituents is 1. The average Bonchev–Trinajstić information content (AvgIpc) is 2.73. The van der Waals surface area contributed by atoms with Crippen LogP contribution in [0.5, 0.6) is 5.75 Å². The van der Waals surface area contributed by atoms with E-state index in [4.69, 9.17) is 4.74 Å². The molecule has 2 aromatic carbocycles. The van der Waals surface area contributed by atoms with Crippen LogP contribution in [0.2, 0.25) is 0 Å². The molecule has 29 heavy (non-hydrogen) atoms. The van der Waals surface area contributed by atoms with Gasteiger partial charge in [-0.05, 0) is 23.8 Å². The molecule has 0 saturated carbocycles. The van der Waals surface area contributed by atoms with E-state index in [-0.39, 0.29) is 23.7 Å². The molecule has 0 amide bonds. The van der Waals surface area contributed by atoms with Crippen LogP contribution in [-0.4, -0.2) is 46.5 Å². The summed E-state index contributed by atoms with van der Waals surface area (Å²) in [7, 11) is -0.648. The highest BCUT2D eigenvalue weighted by atomic mass is 32.2. The lowest BCUT2D eigenvalue weighted by atomic mass is 10.2. The molecule has 3 N–H and O–H groups in total. The van der Waals surface area contributed by atoms with E-state index < -0.39 is 14.9 Å². The van der Waals surface area contributed by atoms with Crippen LogP contribution >= 0.6 is 0 Å². The largest absolute Gasteiger partial charge is 0.497 e. The number of ether oxygens (including phenoxy) is 1. The summed E-state index contributed by atoms with van der Waals surface area (Å²) in [5.74, 6) is 1.25. The topological polar surface area (TPSA) is 135 Å². The monoisotopic (exact) mass is 421 g/mol. The lowest BCUT2D eigenvalue weighted by molar-refractivity contribution is -0.385. The number of nitro benzene ring substituents is 1. The Morgan fingerprint density at radius 2 is 1.90 bits per heavy atom. The Bertz CT molecular complexity index is 978. The highest BCUT2D eigenvalue weighted by molar-refractivity contribution is 7.89. The molecule has 0 fully saturated rings. The maximum Gasteiger partial charge on any atom is 0.270 e.